The highest BCUT2D eigenvalue weighted by Crippen LogP contribution is 2.28. The number of carbonyl (C=O) groups is 1. The molecule has 1 fully saturated rings. The van der Waals surface area contributed by atoms with Gasteiger partial charge >= 0.3 is 0 Å². The Balaban J connectivity index is 0.00000242. The van der Waals surface area contributed by atoms with Gasteiger partial charge in [-0.15, -0.1) is 12.4 Å². The van der Waals surface area contributed by atoms with Crippen LogP contribution >= 0.6 is 12.4 Å². The van der Waals surface area contributed by atoms with Crippen LogP contribution in [0, 0.1) is 5.92 Å². The van der Waals surface area contributed by atoms with Gasteiger partial charge in [-0.05, 0) is 57.0 Å². The maximum absolute atomic E-state index is 11.4. The second kappa shape index (κ2) is 9.01. The minimum atomic E-state index is 0. The lowest BCUT2D eigenvalue weighted by Crippen LogP contribution is -2.35. The normalized spacial score (nSPS) is 16.0. The standard InChI is InChI=1S/C17H25NO3.ClH/c1-13-6-8-18(9-7-13)10-11-21-16-5-4-15(14(2)19)12-17(16)20-3;/h4-5,12-13H,6-11H2,1-3H3;1H. The lowest BCUT2D eigenvalue weighted by molar-refractivity contribution is 0.101. The average Bonchev–Trinajstić information content (AvgIpc) is 2.49. The molecule has 0 aromatic heterocycles. The summed E-state index contributed by atoms with van der Waals surface area (Å²) in [5.74, 6) is 2.20. The molecule has 1 aromatic rings. The fourth-order valence-electron chi connectivity index (χ4n) is 2.58. The molecule has 0 amide bonds. The Kier molecular flexibility index (Phi) is 7.69. The molecule has 1 aliphatic heterocycles. The van der Waals surface area contributed by atoms with Crippen molar-refractivity contribution in [3.63, 3.8) is 0 Å². The van der Waals surface area contributed by atoms with Crippen LogP contribution in [0.4, 0.5) is 0 Å². The summed E-state index contributed by atoms with van der Waals surface area (Å²) in [4.78, 5) is 13.8. The third-order valence-electron chi connectivity index (χ3n) is 4.11. The number of methoxy groups -OCH3 is 1. The summed E-state index contributed by atoms with van der Waals surface area (Å²) < 4.78 is 11.1. The molecule has 0 N–H and O–H groups in total. The number of Topliss-reactive ketones (excluding diaryl/α,β-unsaturated/α-hetero) is 1. The quantitative estimate of drug-likeness (QED) is 0.750. The van der Waals surface area contributed by atoms with Crippen molar-refractivity contribution in [2.75, 3.05) is 33.4 Å². The maximum atomic E-state index is 11.4. The zero-order valence-corrected chi connectivity index (χ0v) is 14.4. The predicted molar refractivity (Wildman–Crippen MR) is 90.6 cm³/mol. The van der Waals surface area contributed by atoms with Gasteiger partial charge in [-0.1, -0.05) is 6.92 Å². The van der Waals surface area contributed by atoms with E-state index >= 15 is 0 Å². The summed E-state index contributed by atoms with van der Waals surface area (Å²) in [6.07, 6.45) is 2.55. The fraction of sp³-hybridized carbons (Fsp3) is 0.588. The van der Waals surface area contributed by atoms with Crippen LogP contribution in [-0.4, -0.2) is 44.0 Å². The summed E-state index contributed by atoms with van der Waals surface area (Å²) in [6.45, 7) is 7.76. The number of nitrogens with zero attached hydrogens (tertiary/aromatic N) is 1. The van der Waals surface area contributed by atoms with Crippen molar-refractivity contribution in [2.24, 2.45) is 5.92 Å². The number of likely N-dealkylation sites (tertiary alicyclic amines) is 1. The molecule has 0 atom stereocenters. The third-order valence-corrected chi connectivity index (χ3v) is 4.11. The number of ether oxygens (including phenoxy) is 2. The molecule has 1 aromatic carbocycles. The van der Waals surface area contributed by atoms with Crippen LogP contribution in [0.5, 0.6) is 11.5 Å². The first-order valence-corrected chi connectivity index (χ1v) is 7.64. The van der Waals surface area contributed by atoms with Crippen LogP contribution in [0.25, 0.3) is 0 Å². The highest BCUT2D eigenvalue weighted by molar-refractivity contribution is 5.94. The molecular formula is C17H26ClNO3. The molecule has 1 heterocycles. The van der Waals surface area contributed by atoms with Crippen LogP contribution in [0.15, 0.2) is 18.2 Å². The van der Waals surface area contributed by atoms with Gasteiger partial charge in [-0.2, -0.15) is 0 Å². The van der Waals surface area contributed by atoms with Crippen LogP contribution in [0.2, 0.25) is 0 Å². The zero-order chi connectivity index (χ0) is 15.2. The SMILES string of the molecule is COc1cc(C(C)=O)ccc1OCCN1CCC(C)CC1.Cl. The number of piperidine rings is 1. The van der Waals surface area contributed by atoms with Crippen molar-refractivity contribution < 1.29 is 14.3 Å². The average molecular weight is 328 g/mol. The Morgan fingerprint density at radius 3 is 2.55 bits per heavy atom. The van der Waals surface area contributed by atoms with E-state index in [1.807, 2.05) is 6.07 Å². The number of halogens is 1. The Morgan fingerprint density at radius 1 is 1.27 bits per heavy atom. The molecule has 0 spiro atoms. The zero-order valence-electron chi connectivity index (χ0n) is 13.6. The van der Waals surface area contributed by atoms with Crippen LogP contribution in [0.1, 0.15) is 37.0 Å². The molecule has 0 radical (unpaired) electrons. The molecular weight excluding hydrogens is 302 g/mol. The van der Waals surface area contributed by atoms with E-state index in [4.69, 9.17) is 9.47 Å². The van der Waals surface area contributed by atoms with Crippen LogP contribution in [-0.2, 0) is 0 Å². The number of benzene rings is 1. The molecule has 22 heavy (non-hydrogen) atoms. The number of hydrogen-bond donors (Lipinski definition) is 0. The van der Waals surface area contributed by atoms with E-state index in [0.29, 0.717) is 23.7 Å². The minimum absolute atomic E-state index is 0. The Bertz CT molecular complexity index is 485. The number of carbonyl (C=O) groups excluding carboxylic acids is 1. The van der Waals surface area contributed by atoms with E-state index in [1.165, 1.54) is 12.8 Å². The Morgan fingerprint density at radius 2 is 1.95 bits per heavy atom. The van der Waals surface area contributed by atoms with E-state index in [0.717, 1.165) is 25.6 Å². The van der Waals surface area contributed by atoms with E-state index in [2.05, 4.69) is 11.8 Å². The number of hydrogen-bond acceptors (Lipinski definition) is 4. The molecule has 1 saturated heterocycles. The van der Waals surface area contributed by atoms with Gasteiger partial charge in [0, 0.05) is 12.1 Å². The van der Waals surface area contributed by atoms with Gasteiger partial charge in [0.05, 0.1) is 7.11 Å². The first-order chi connectivity index (χ1) is 10.1. The van der Waals surface area contributed by atoms with Gasteiger partial charge in [0.25, 0.3) is 0 Å². The molecule has 124 valence electrons. The second-order valence-corrected chi connectivity index (χ2v) is 5.79. The topological polar surface area (TPSA) is 38.8 Å². The molecule has 5 heteroatoms. The molecule has 0 aliphatic carbocycles. The van der Waals surface area contributed by atoms with E-state index < -0.39 is 0 Å². The van der Waals surface area contributed by atoms with E-state index in [-0.39, 0.29) is 18.2 Å². The molecule has 0 bridgehead atoms. The highest BCUT2D eigenvalue weighted by atomic mass is 35.5. The first-order valence-electron chi connectivity index (χ1n) is 7.64. The Hall–Kier alpha value is -1.26. The Labute approximate surface area is 139 Å². The molecule has 4 nitrogen and oxygen atoms in total. The van der Waals surface area contributed by atoms with Crippen molar-refractivity contribution >= 4 is 18.2 Å². The van der Waals surface area contributed by atoms with Gasteiger partial charge in [0.1, 0.15) is 6.61 Å². The molecule has 0 saturated carbocycles. The maximum Gasteiger partial charge on any atom is 0.161 e. The van der Waals surface area contributed by atoms with Crippen LogP contribution < -0.4 is 9.47 Å². The highest BCUT2D eigenvalue weighted by Gasteiger charge is 2.15. The van der Waals surface area contributed by atoms with Gasteiger partial charge in [0.15, 0.2) is 17.3 Å². The van der Waals surface area contributed by atoms with E-state index in [1.54, 1.807) is 26.2 Å². The fourth-order valence-corrected chi connectivity index (χ4v) is 2.58. The van der Waals surface area contributed by atoms with Crippen molar-refractivity contribution in [1.82, 2.24) is 4.90 Å². The summed E-state index contributed by atoms with van der Waals surface area (Å²) in [5.41, 5.74) is 0.643. The van der Waals surface area contributed by atoms with Crippen molar-refractivity contribution in [2.45, 2.75) is 26.7 Å². The summed E-state index contributed by atoms with van der Waals surface area (Å²) >= 11 is 0. The summed E-state index contributed by atoms with van der Waals surface area (Å²) in [5, 5.41) is 0. The lowest BCUT2D eigenvalue weighted by Gasteiger charge is -2.30. The molecule has 2 rings (SSSR count). The predicted octanol–water partition coefficient (Wildman–Crippen LogP) is 3.43. The van der Waals surface area contributed by atoms with Gasteiger partial charge < -0.3 is 9.47 Å². The van der Waals surface area contributed by atoms with Crippen molar-refractivity contribution in [1.29, 1.82) is 0 Å². The summed E-state index contributed by atoms with van der Waals surface area (Å²) in [6, 6.07) is 5.33. The van der Waals surface area contributed by atoms with E-state index in [9.17, 15) is 4.79 Å². The smallest absolute Gasteiger partial charge is 0.161 e. The number of rotatable bonds is 6. The number of ketones is 1. The second-order valence-electron chi connectivity index (χ2n) is 5.79. The van der Waals surface area contributed by atoms with Crippen molar-refractivity contribution in [3.8, 4) is 11.5 Å². The largest absolute Gasteiger partial charge is 0.493 e. The van der Waals surface area contributed by atoms with Gasteiger partial charge in [-0.25, -0.2) is 0 Å². The van der Waals surface area contributed by atoms with Crippen molar-refractivity contribution in [3.05, 3.63) is 23.8 Å². The monoisotopic (exact) mass is 327 g/mol. The minimum Gasteiger partial charge on any atom is -0.493 e. The van der Waals surface area contributed by atoms with Crippen LogP contribution in [0.3, 0.4) is 0 Å². The summed E-state index contributed by atoms with van der Waals surface area (Å²) in [7, 11) is 1.60. The molecule has 0 unspecified atom stereocenters. The van der Waals surface area contributed by atoms with Gasteiger partial charge in [-0.3, -0.25) is 9.69 Å². The lowest BCUT2D eigenvalue weighted by atomic mass is 9.99. The molecule has 1 aliphatic rings. The third kappa shape index (κ3) is 5.18. The first kappa shape index (κ1) is 18.8. The van der Waals surface area contributed by atoms with Gasteiger partial charge in [0.2, 0.25) is 0 Å².